The predicted molar refractivity (Wildman–Crippen MR) is 132 cm³/mol. The van der Waals surface area contributed by atoms with Gasteiger partial charge in [-0.2, -0.15) is 0 Å². The van der Waals surface area contributed by atoms with E-state index in [0.29, 0.717) is 16.4 Å². The zero-order chi connectivity index (χ0) is 24.1. The van der Waals surface area contributed by atoms with Gasteiger partial charge in [-0.15, -0.1) is 0 Å². The van der Waals surface area contributed by atoms with Gasteiger partial charge in [0.2, 0.25) is 5.91 Å². The summed E-state index contributed by atoms with van der Waals surface area (Å²) in [4.78, 5) is 41.2. The van der Waals surface area contributed by atoms with Crippen LogP contribution >= 0.6 is 11.8 Å². The Labute approximate surface area is 202 Å². The van der Waals surface area contributed by atoms with Gasteiger partial charge in [-0.1, -0.05) is 24.3 Å². The Morgan fingerprint density at radius 3 is 2.71 bits per heavy atom. The Balaban J connectivity index is 1.32. The summed E-state index contributed by atoms with van der Waals surface area (Å²) < 4.78 is 10.5. The fraction of sp³-hybridized carbons (Fsp3) is 0.320. The number of aryl methyl sites for hydroxylation is 1. The number of carbonyl (C=O) groups is 3. The summed E-state index contributed by atoms with van der Waals surface area (Å²) in [5.74, 6) is 0.611. The number of methoxy groups -OCH3 is 2. The molecule has 1 fully saturated rings. The van der Waals surface area contributed by atoms with Crippen molar-refractivity contribution in [3.63, 3.8) is 0 Å². The molecule has 2 aromatic carbocycles. The lowest BCUT2D eigenvalue weighted by molar-refractivity contribution is -0.124. The molecule has 8 nitrogen and oxygen atoms in total. The van der Waals surface area contributed by atoms with Crippen molar-refractivity contribution in [1.82, 2.24) is 10.2 Å². The van der Waals surface area contributed by atoms with Crippen LogP contribution in [0.5, 0.6) is 11.5 Å². The van der Waals surface area contributed by atoms with Crippen LogP contribution in [0.15, 0.2) is 47.4 Å². The molecule has 0 saturated carbocycles. The molecule has 0 aliphatic carbocycles. The Kier molecular flexibility index (Phi) is 7.42. The number of hydrogen-bond acceptors (Lipinski definition) is 7. The van der Waals surface area contributed by atoms with Gasteiger partial charge in [0.15, 0.2) is 11.5 Å². The number of thioether (sulfide) groups is 1. The lowest BCUT2D eigenvalue weighted by Crippen LogP contribution is -2.43. The van der Waals surface area contributed by atoms with E-state index in [1.54, 1.807) is 31.4 Å². The van der Waals surface area contributed by atoms with Gasteiger partial charge in [0.1, 0.15) is 0 Å². The van der Waals surface area contributed by atoms with Crippen molar-refractivity contribution in [3.8, 4) is 11.5 Å². The quantitative estimate of drug-likeness (QED) is 0.579. The highest BCUT2D eigenvalue weighted by molar-refractivity contribution is 8.18. The highest BCUT2D eigenvalue weighted by Crippen LogP contribution is 2.34. The van der Waals surface area contributed by atoms with Gasteiger partial charge in [0.25, 0.3) is 11.1 Å². The van der Waals surface area contributed by atoms with E-state index >= 15 is 0 Å². The average Bonchev–Trinajstić information content (AvgIpc) is 3.11. The highest BCUT2D eigenvalue weighted by atomic mass is 32.2. The van der Waals surface area contributed by atoms with Gasteiger partial charge in [-0.05, 0) is 60.0 Å². The van der Waals surface area contributed by atoms with Crippen LogP contribution in [0.25, 0.3) is 6.08 Å². The third-order valence-electron chi connectivity index (χ3n) is 5.78. The molecule has 0 radical (unpaired) electrons. The van der Waals surface area contributed by atoms with Gasteiger partial charge in [-0.3, -0.25) is 19.3 Å². The normalized spacial score (nSPS) is 16.6. The van der Waals surface area contributed by atoms with Crippen molar-refractivity contribution in [2.75, 3.05) is 45.3 Å². The second-order valence-electron chi connectivity index (χ2n) is 7.95. The summed E-state index contributed by atoms with van der Waals surface area (Å²) in [7, 11) is 3.08. The Hall–Kier alpha value is -3.46. The summed E-state index contributed by atoms with van der Waals surface area (Å²) >= 11 is 0.885. The highest BCUT2D eigenvalue weighted by Gasteiger charge is 2.34. The monoisotopic (exact) mass is 481 g/mol. The average molecular weight is 482 g/mol. The van der Waals surface area contributed by atoms with Crippen molar-refractivity contribution in [1.29, 1.82) is 0 Å². The van der Waals surface area contributed by atoms with Crippen molar-refractivity contribution >= 4 is 40.6 Å². The van der Waals surface area contributed by atoms with Gasteiger partial charge in [0.05, 0.1) is 25.7 Å². The molecule has 34 heavy (non-hydrogen) atoms. The van der Waals surface area contributed by atoms with E-state index in [0.717, 1.165) is 47.3 Å². The summed E-state index contributed by atoms with van der Waals surface area (Å²) in [5.41, 5.74) is 3.06. The Bertz CT molecular complexity index is 1130. The SMILES string of the molecule is COc1ccc(/C=C2\SC(=O)N(CCNC(=O)CN3CCCc4ccccc43)C2=O)cc1OC. The van der Waals surface area contributed by atoms with Crippen LogP contribution in [0.4, 0.5) is 10.5 Å². The lowest BCUT2D eigenvalue weighted by Gasteiger charge is -2.30. The van der Waals surface area contributed by atoms with Crippen molar-refractivity contribution in [2.24, 2.45) is 0 Å². The van der Waals surface area contributed by atoms with E-state index < -0.39 is 0 Å². The largest absolute Gasteiger partial charge is 0.493 e. The van der Waals surface area contributed by atoms with Crippen molar-refractivity contribution in [3.05, 3.63) is 58.5 Å². The molecule has 1 N–H and O–H groups in total. The van der Waals surface area contributed by atoms with Gasteiger partial charge < -0.3 is 19.7 Å². The fourth-order valence-corrected chi connectivity index (χ4v) is 4.96. The van der Waals surface area contributed by atoms with E-state index in [2.05, 4.69) is 16.3 Å². The first-order valence-corrected chi connectivity index (χ1v) is 11.9. The van der Waals surface area contributed by atoms with Crippen LogP contribution in [-0.4, -0.2) is 62.4 Å². The second-order valence-corrected chi connectivity index (χ2v) is 8.94. The smallest absolute Gasteiger partial charge is 0.293 e. The van der Waals surface area contributed by atoms with Crippen molar-refractivity contribution in [2.45, 2.75) is 12.8 Å². The molecule has 2 aliphatic heterocycles. The minimum Gasteiger partial charge on any atom is -0.493 e. The van der Waals surface area contributed by atoms with Crippen LogP contribution < -0.4 is 19.7 Å². The maximum absolute atomic E-state index is 12.8. The molecule has 2 heterocycles. The van der Waals surface area contributed by atoms with Crippen LogP contribution in [0.3, 0.4) is 0 Å². The number of ether oxygens (including phenoxy) is 2. The predicted octanol–water partition coefficient (Wildman–Crippen LogP) is 3.31. The first-order chi connectivity index (χ1) is 16.5. The Morgan fingerprint density at radius 2 is 1.91 bits per heavy atom. The number of nitrogens with zero attached hydrogens (tertiary/aromatic N) is 2. The zero-order valence-corrected chi connectivity index (χ0v) is 20.0. The minimum absolute atomic E-state index is 0.121. The van der Waals surface area contributed by atoms with Gasteiger partial charge in [0, 0.05) is 25.3 Å². The summed E-state index contributed by atoms with van der Waals surface area (Å²) in [6, 6.07) is 13.4. The molecule has 2 aromatic rings. The molecule has 0 aromatic heterocycles. The van der Waals surface area contributed by atoms with Gasteiger partial charge >= 0.3 is 0 Å². The van der Waals surface area contributed by atoms with E-state index in [-0.39, 0.29) is 36.7 Å². The van der Waals surface area contributed by atoms with E-state index in [9.17, 15) is 14.4 Å². The number of nitrogens with one attached hydrogen (secondary N) is 1. The van der Waals surface area contributed by atoms with Crippen LogP contribution in [0.2, 0.25) is 0 Å². The minimum atomic E-state index is -0.371. The lowest BCUT2D eigenvalue weighted by atomic mass is 10.0. The molecular weight excluding hydrogens is 454 g/mol. The summed E-state index contributed by atoms with van der Waals surface area (Å²) in [6.07, 6.45) is 3.68. The first kappa shape index (κ1) is 23.7. The molecule has 4 rings (SSSR count). The van der Waals surface area contributed by atoms with E-state index in [1.165, 1.54) is 12.7 Å². The Morgan fingerprint density at radius 1 is 1.12 bits per heavy atom. The molecule has 0 bridgehead atoms. The zero-order valence-electron chi connectivity index (χ0n) is 19.2. The number of hydrogen-bond donors (Lipinski definition) is 1. The second kappa shape index (κ2) is 10.6. The number of benzene rings is 2. The third kappa shape index (κ3) is 5.20. The maximum atomic E-state index is 12.8. The number of fused-ring (bicyclic) bond motifs is 1. The van der Waals surface area contributed by atoms with E-state index in [1.807, 2.05) is 18.2 Å². The van der Waals surface area contributed by atoms with Crippen LogP contribution in [0.1, 0.15) is 17.5 Å². The molecule has 2 aliphatic rings. The number of rotatable bonds is 8. The van der Waals surface area contributed by atoms with Crippen LogP contribution in [-0.2, 0) is 16.0 Å². The molecule has 1 saturated heterocycles. The van der Waals surface area contributed by atoms with Gasteiger partial charge in [-0.25, -0.2) is 0 Å². The molecule has 0 spiro atoms. The molecule has 3 amide bonds. The summed E-state index contributed by atoms with van der Waals surface area (Å²) in [6.45, 7) is 1.40. The fourth-order valence-electron chi connectivity index (χ4n) is 4.10. The molecule has 178 valence electrons. The third-order valence-corrected chi connectivity index (χ3v) is 6.68. The van der Waals surface area contributed by atoms with E-state index in [4.69, 9.17) is 9.47 Å². The maximum Gasteiger partial charge on any atom is 0.293 e. The molecule has 9 heteroatoms. The molecule has 0 unspecified atom stereocenters. The number of carbonyl (C=O) groups excluding carboxylic acids is 3. The first-order valence-electron chi connectivity index (χ1n) is 11.1. The number of para-hydroxylation sites is 1. The number of imide groups is 1. The van der Waals surface area contributed by atoms with Crippen LogP contribution in [0, 0.1) is 0 Å². The topological polar surface area (TPSA) is 88.2 Å². The number of amides is 3. The van der Waals surface area contributed by atoms with Crippen molar-refractivity contribution < 1.29 is 23.9 Å². The number of anilines is 1. The standard InChI is InChI=1S/C25H27N3O5S/c1-32-20-10-9-17(14-21(20)33-2)15-22-24(30)28(25(31)34-22)13-11-26-23(29)16-27-12-5-7-18-6-3-4-8-19(18)27/h3-4,6,8-10,14-15H,5,7,11-13,16H2,1-2H3,(H,26,29)/b22-15-. The summed E-state index contributed by atoms with van der Waals surface area (Å²) in [5, 5.41) is 2.48. The molecule has 0 atom stereocenters. The molecular formula is C25H27N3O5S.